The van der Waals surface area contributed by atoms with Gasteiger partial charge in [-0.05, 0) is 0 Å². The van der Waals surface area contributed by atoms with E-state index < -0.39 is 11.4 Å². The Balaban J connectivity index is 0. The molecular formula is AlCl3Fe. The molecular weight excluding hydrogens is 189 g/mol. The van der Waals surface area contributed by atoms with E-state index in [0.717, 1.165) is 0 Å². The van der Waals surface area contributed by atoms with E-state index in [4.69, 9.17) is 30.1 Å². The van der Waals surface area contributed by atoms with Crippen LogP contribution >= 0.6 is 30.1 Å². The van der Waals surface area contributed by atoms with Gasteiger partial charge in [-0.3, -0.25) is 0 Å². The fourth-order valence-corrected chi connectivity index (χ4v) is 0. The molecule has 0 saturated carbocycles. The van der Waals surface area contributed by atoms with Crippen molar-refractivity contribution in [1.29, 1.82) is 0 Å². The maximum Gasteiger partial charge on any atom is 0.643 e. The summed E-state index contributed by atoms with van der Waals surface area (Å²) < 4.78 is 0. The van der Waals surface area contributed by atoms with Crippen molar-refractivity contribution >= 4 is 41.5 Å². The van der Waals surface area contributed by atoms with Crippen LogP contribution in [0.1, 0.15) is 0 Å². The molecule has 0 unspecified atom stereocenters. The van der Waals surface area contributed by atoms with Crippen LogP contribution in [0.3, 0.4) is 0 Å². The molecule has 0 radical (unpaired) electrons. The third-order valence-corrected chi connectivity index (χ3v) is 0. The molecule has 0 heterocycles. The van der Waals surface area contributed by atoms with Gasteiger partial charge in [0.25, 0.3) is 0 Å². The summed E-state index contributed by atoms with van der Waals surface area (Å²) >= 11 is -1.72. The van der Waals surface area contributed by atoms with E-state index in [1.807, 2.05) is 0 Å². The normalized spacial score (nSPS) is 5.40. The van der Waals surface area contributed by atoms with Crippen LogP contribution in [0.15, 0.2) is 0 Å². The predicted octanol–water partition coefficient (Wildman–Crippen LogP) is 1.69. The van der Waals surface area contributed by atoms with Gasteiger partial charge in [-0.1, -0.05) is 0 Å². The zero-order chi connectivity index (χ0) is 3.58. The van der Waals surface area contributed by atoms with Gasteiger partial charge in [0.2, 0.25) is 0 Å². The van der Waals surface area contributed by atoms with Gasteiger partial charge in [-0.2, -0.15) is 0 Å². The predicted molar refractivity (Wildman–Crippen MR) is 23.3 cm³/mol. The molecule has 0 aromatic carbocycles. The minimum absolute atomic E-state index is 0. The average molecular weight is 189 g/mol. The number of hydrogen-bond donors (Lipinski definition) is 0. The number of rotatable bonds is 0. The summed E-state index contributed by atoms with van der Waals surface area (Å²) in [7, 11) is 14.8. The average Bonchev–Trinajstić information content (AvgIpc) is 0.811. The second-order valence-corrected chi connectivity index (χ2v) is 6.68. The van der Waals surface area contributed by atoms with E-state index >= 15 is 0 Å². The van der Waals surface area contributed by atoms with Gasteiger partial charge < -0.3 is 0 Å². The SMILES string of the molecule is [Cl][Al]([Cl])[Cl].[Fe]. The third kappa shape index (κ3) is 24.7. The van der Waals surface area contributed by atoms with E-state index in [1.165, 1.54) is 0 Å². The zero-order valence-corrected chi connectivity index (χ0v) is 6.59. The van der Waals surface area contributed by atoms with Crippen molar-refractivity contribution in [2.24, 2.45) is 0 Å². The Morgan fingerprint density at radius 3 is 1.00 bits per heavy atom. The molecule has 0 aliphatic carbocycles. The first-order chi connectivity index (χ1) is 1.73. The maximum absolute atomic E-state index is 4.94. The molecule has 0 bridgehead atoms. The van der Waals surface area contributed by atoms with Crippen molar-refractivity contribution in [2.75, 3.05) is 0 Å². The van der Waals surface area contributed by atoms with Gasteiger partial charge in [0.1, 0.15) is 0 Å². The molecule has 0 aromatic rings. The van der Waals surface area contributed by atoms with Crippen LogP contribution in [0.4, 0.5) is 0 Å². The molecule has 0 saturated heterocycles. The molecule has 0 aromatic heterocycles. The first-order valence-electron chi connectivity index (χ1n) is 0.655. The summed E-state index contributed by atoms with van der Waals surface area (Å²) in [6.45, 7) is 0. The minimum Gasteiger partial charge on any atom is -0.214 e. The van der Waals surface area contributed by atoms with Crippen LogP contribution in [0.2, 0.25) is 0 Å². The van der Waals surface area contributed by atoms with Crippen molar-refractivity contribution in [3.8, 4) is 0 Å². The third-order valence-electron chi connectivity index (χ3n) is 0. The first kappa shape index (κ1) is 10.0. The summed E-state index contributed by atoms with van der Waals surface area (Å²) in [5.41, 5.74) is 0. The topological polar surface area (TPSA) is 0 Å². The van der Waals surface area contributed by atoms with E-state index in [9.17, 15) is 0 Å². The van der Waals surface area contributed by atoms with Crippen molar-refractivity contribution < 1.29 is 17.1 Å². The second-order valence-electron chi connectivity index (χ2n) is 0.247. The molecule has 32 valence electrons. The van der Waals surface area contributed by atoms with E-state index in [0.29, 0.717) is 0 Å². The van der Waals surface area contributed by atoms with Gasteiger partial charge in [0.05, 0.1) is 0 Å². The number of halogens is 3. The maximum atomic E-state index is 4.94. The fraction of sp³-hybridized carbons (Fsp3) is 0. The Morgan fingerprint density at radius 1 is 1.00 bits per heavy atom. The first-order valence-corrected chi connectivity index (χ1v) is 5.89. The molecule has 0 atom stereocenters. The standard InChI is InChI=1S/Al.3ClH.Fe/h;3*1H;/q+3;;;;/p-3. The van der Waals surface area contributed by atoms with Crippen molar-refractivity contribution in [2.45, 2.75) is 0 Å². The summed E-state index contributed by atoms with van der Waals surface area (Å²) in [5, 5.41) is 0. The summed E-state index contributed by atoms with van der Waals surface area (Å²) in [6.07, 6.45) is 0. The van der Waals surface area contributed by atoms with Gasteiger partial charge in [-0.15, -0.1) is 0 Å². The van der Waals surface area contributed by atoms with Gasteiger partial charge in [0, 0.05) is 17.1 Å². The smallest absolute Gasteiger partial charge is 0.214 e. The quantitative estimate of drug-likeness (QED) is 0.509. The molecule has 0 amide bonds. The largest absolute Gasteiger partial charge is 0.643 e. The molecule has 5 heavy (non-hydrogen) atoms. The van der Waals surface area contributed by atoms with E-state index in [1.54, 1.807) is 0 Å². The summed E-state index contributed by atoms with van der Waals surface area (Å²) in [4.78, 5) is 0. The molecule has 0 rings (SSSR count). The Morgan fingerprint density at radius 2 is 1.00 bits per heavy atom. The Labute approximate surface area is 58.2 Å². The van der Waals surface area contributed by atoms with Crippen LogP contribution in [-0.2, 0) is 17.1 Å². The van der Waals surface area contributed by atoms with Gasteiger partial charge >= 0.3 is 11.4 Å². The second kappa shape index (κ2) is 5.92. The van der Waals surface area contributed by atoms with Crippen LogP contribution in [-0.4, -0.2) is 11.4 Å². The van der Waals surface area contributed by atoms with Crippen molar-refractivity contribution in [3.05, 3.63) is 0 Å². The Hall–Kier alpha value is 1.92. The van der Waals surface area contributed by atoms with Gasteiger partial charge in [-0.25, -0.2) is 30.1 Å². The van der Waals surface area contributed by atoms with E-state index in [-0.39, 0.29) is 17.1 Å². The summed E-state index contributed by atoms with van der Waals surface area (Å²) in [5.74, 6) is 0. The van der Waals surface area contributed by atoms with Crippen LogP contribution in [0, 0.1) is 0 Å². The van der Waals surface area contributed by atoms with Crippen LogP contribution in [0.5, 0.6) is 0 Å². The van der Waals surface area contributed by atoms with Crippen LogP contribution in [0.25, 0.3) is 0 Å². The Bertz CT molecular complexity index is 11.6. The molecule has 5 heteroatoms. The molecule has 0 fully saturated rings. The van der Waals surface area contributed by atoms with Crippen LogP contribution < -0.4 is 0 Å². The molecule has 0 spiro atoms. The van der Waals surface area contributed by atoms with Crippen molar-refractivity contribution in [1.82, 2.24) is 0 Å². The Kier molecular flexibility index (Phi) is 11.9. The fourth-order valence-electron chi connectivity index (χ4n) is 0. The molecule has 0 aliphatic rings. The number of hydrogen-bond acceptors (Lipinski definition) is 0. The summed E-state index contributed by atoms with van der Waals surface area (Å²) in [6, 6.07) is 0. The minimum atomic E-state index is -1.72. The van der Waals surface area contributed by atoms with Crippen molar-refractivity contribution in [3.63, 3.8) is 0 Å². The molecule has 0 nitrogen and oxygen atoms in total. The molecule has 0 N–H and O–H groups in total. The zero-order valence-electron chi connectivity index (χ0n) is 2.06. The monoisotopic (exact) mass is 188 g/mol. The van der Waals surface area contributed by atoms with E-state index in [2.05, 4.69) is 0 Å². The molecule has 0 aliphatic heterocycles. The van der Waals surface area contributed by atoms with Gasteiger partial charge in [0.15, 0.2) is 0 Å².